The molecule has 0 aliphatic heterocycles. The van der Waals surface area contributed by atoms with Gasteiger partial charge in [0.25, 0.3) is 0 Å². The summed E-state index contributed by atoms with van der Waals surface area (Å²) < 4.78 is 5.91. The molecule has 1 aliphatic carbocycles. The zero-order valence-electron chi connectivity index (χ0n) is 13.4. The average Bonchev–Trinajstić information content (AvgIpc) is 2.47. The van der Waals surface area contributed by atoms with Gasteiger partial charge in [-0.15, -0.1) is 0 Å². The van der Waals surface area contributed by atoms with E-state index in [0.717, 1.165) is 57.4 Å². The van der Waals surface area contributed by atoms with Crippen LogP contribution >= 0.6 is 0 Å². The molecule has 3 nitrogen and oxygen atoms in total. The molecule has 1 aromatic carbocycles. The fourth-order valence-corrected chi connectivity index (χ4v) is 3.01. The number of aryl methyl sites for hydroxylation is 2. The quantitative estimate of drug-likeness (QED) is 0.757. The van der Waals surface area contributed by atoms with Crippen molar-refractivity contribution >= 4 is 0 Å². The van der Waals surface area contributed by atoms with Crippen LogP contribution in [0.4, 0.5) is 0 Å². The largest absolute Gasteiger partial charge is 0.493 e. The number of aliphatic hydroxyl groups is 1. The fraction of sp³-hybridized carbons (Fsp3) is 0.667. The second-order valence-corrected chi connectivity index (χ2v) is 6.24. The summed E-state index contributed by atoms with van der Waals surface area (Å²) in [5, 5.41) is 13.1. The highest BCUT2D eigenvalue weighted by Crippen LogP contribution is 2.22. The smallest absolute Gasteiger partial charge is 0.125 e. The number of aliphatic hydroxyl groups excluding tert-OH is 1. The van der Waals surface area contributed by atoms with Gasteiger partial charge in [0.1, 0.15) is 5.75 Å². The van der Waals surface area contributed by atoms with Crippen LogP contribution < -0.4 is 10.1 Å². The van der Waals surface area contributed by atoms with E-state index in [1.165, 1.54) is 11.1 Å². The molecule has 0 spiro atoms. The molecule has 1 fully saturated rings. The number of para-hydroxylation sites is 1. The minimum Gasteiger partial charge on any atom is -0.493 e. The van der Waals surface area contributed by atoms with Crippen LogP contribution in [0.1, 0.15) is 49.7 Å². The van der Waals surface area contributed by atoms with E-state index in [-0.39, 0.29) is 6.10 Å². The van der Waals surface area contributed by atoms with Gasteiger partial charge in [-0.25, -0.2) is 0 Å². The Morgan fingerprint density at radius 1 is 1.10 bits per heavy atom. The fourth-order valence-electron chi connectivity index (χ4n) is 3.01. The minimum atomic E-state index is -0.0613. The molecule has 0 bridgehead atoms. The number of hydrogen-bond acceptors (Lipinski definition) is 3. The molecule has 3 heteroatoms. The lowest BCUT2D eigenvalue weighted by atomic mass is 9.93. The first kappa shape index (κ1) is 16.3. The Morgan fingerprint density at radius 2 is 1.76 bits per heavy atom. The first-order valence-corrected chi connectivity index (χ1v) is 8.27. The molecule has 0 heterocycles. The Labute approximate surface area is 128 Å². The van der Waals surface area contributed by atoms with Crippen LogP contribution in [-0.4, -0.2) is 30.4 Å². The number of hydrogen-bond donors (Lipinski definition) is 2. The summed E-state index contributed by atoms with van der Waals surface area (Å²) in [6, 6.07) is 6.87. The molecule has 0 amide bonds. The van der Waals surface area contributed by atoms with E-state index in [1.807, 2.05) is 0 Å². The number of nitrogens with one attached hydrogen (secondary N) is 1. The minimum absolute atomic E-state index is 0.0613. The Kier molecular flexibility index (Phi) is 6.52. The van der Waals surface area contributed by atoms with Crippen molar-refractivity contribution in [3.8, 4) is 5.75 Å². The van der Waals surface area contributed by atoms with Crippen LogP contribution in [0, 0.1) is 13.8 Å². The molecule has 2 N–H and O–H groups in total. The Bertz CT molecular complexity index is 405. The van der Waals surface area contributed by atoms with Crippen molar-refractivity contribution in [1.82, 2.24) is 5.32 Å². The Hall–Kier alpha value is -1.06. The predicted octanol–water partition coefficient (Wildman–Crippen LogP) is 3.36. The maximum absolute atomic E-state index is 9.48. The molecule has 0 unspecified atom stereocenters. The van der Waals surface area contributed by atoms with E-state index in [2.05, 4.69) is 37.4 Å². The van der Waals surface area contributed by atoms with Gasteiger partial charge < -0.3 is 15.2 Å². The van der Waals surface area contributed by atoms with Crippen LogP contribution in [0.5, 0.6) is 5.75 Å². The third kappa shape index (κ3) is 5.33. The van der Waals surface area contributed by atoms with Gasteiger partial charge in [-0.1, -0.05) is 18.2 Å². The number of unbranched alkanes of at least 4 members (excludes halogenated alkanes) is 1. The van der Waals surface area contributed by atoms with E-state index in [4.69, 9.17) is 4.74 Å². The second-order valence-electron chi connectivity index (χ2n) is 6.24. The zero-order chi connectivity index (χ0) is 15.1. The van der Waals surface area contributed by atoms with Crippen LogP contribution in [0.2, 0.25) is 0 Å². The Morgan fingerprint density at radius 3 is 2.43 bits per heavy atom. The number of rotatable bonds is 7. The molecular weight excluding hydrogens is 262 g/mol. The third-order valence-corrected chi connectivity index (χ3v) is 4.36. The summed E-state index contributed by atoms with van der Waals surface area (Å²) in [4.78, 5) is 0. The summed E-state index contributed by atoms with van der Waals surface area (Å²) >= 11 is 0. The standard InChI is InChI=1S/C18H29NO2/c1-14-6-5-7-15(2)18(14)21-13-4-3-12-19-16-8-10-17(20)11-9-16/h5-7,16-17,19-20H,3-4,8-13H2,1-2H3. The van der Waals surface area contributed by atoms with Gasteiger partial charge in [0.05, 0.1) is 12.7 Å². The van der Waals surface area contributed by atoms with Crippen molar-refractivity contribution < 1.29 is 9.84 Å². The van der Waals surface area contributed by atoms with Gasteiger partial charge in [0.15, 0.2) is 0 Å². The van der Waals surface area contributed by atoms with Crippen LogP contribution in [0.15, 0.2) is 18.2 Å². The van der Waals surface area contributed by atoms with Crippen molar-refractivity contribution in [3.05, 3.63) is 29.3 Å². The van der Waals surface area contributed by atoms with E-state index in [1.54, 1.807) is 0 Å². The van der Waals surface area contributed by atoms with Crippen LogP contribution in [0.25, 0.3) is 0 Å². The summed E-state index contributed by atoms with van der Waals surface area (Å²) in [5.41, 5.74) is 2.43. The molecule has 118 valence electrons. The number of benzene rings is 1. The van der Waals surface area contributed by atoms with E-state index < -0.39 is 0 Å². The third-order valence-electron chi connectivity index (χ3n) is 4.36. The molecule has 0 aromatic heterocycles. The predicted molar refractivity (Wildman–Crippen MR) is 86.9 cm³/mol. The molecule has 0 saturated heterocycles. The highest BCUT2D eigenvalue weighted by atomic mass is 16.5. The van der Waals surface area contributed by atoms with E-state index in [0.29, 0.717) is 6.04 Å². The molecule has 1 aromatic rings. The summed E-state index contributed by atoms with van der Waals surface area (Å²) in [6.45, 7) is 6.04. The molecule has 1 aliphatic rings. The molecular formula is C18H29NO2. The zero-order valence-corrected chi connectivity index (χ0v) is 13.4. The van der Waals surface area contributed by atoms with Gasteiger partial charge in [-0.3, -0.25) is 0 Å². The first-order chi connectivity index (χ1) is 10.2. The first-order valence-electron chi connectivity index (χ1n) is 8.27. The lowest BCUT2D eigenvalue weighted by Gasteiger charge is -2.26. The maximum atomic E-state index is 9.48. The van der Waals surface area contributed by atoms with Gasteiger partial charge >= 0.3 is 0 Å². The molecule has 1 saturated carbocycles. The molecule has 2 rings (SSSR count). The van der Waals surface area contributed by atoms with Gasteiger partial charge in [0, 0.05) is 6.04 Å². The number of ether oxygens (including phenoxy) is 1. The lowest BCUT2D eigenvalue weighted by Crippen LogP contribution is -2.35. The van der Waals surface area contributed by atoms with Gasteiger partial charge in [-0.2, -0.15) is 0 Å². The van der Waals surface area contributed by atoms with Crippen molar-refractivity contribution in [2.24, 2.45) is 0 Å². The highest BCUT2D eigenvalue weighted by molar-refractivity contribution is 5.39. The highest BCUT2D eigenvalue weighted by Gasteiger charge is 2.18. The van der Waals surface area contributed by atoms with Crippen molar-refractivity contribution in [2.75, 3.05) is 13.2 Å². The molecule has 0 atom stereocenters. The average molecular weight is 291 g/mol. The topological polar surface area (TPSA) is 41.5 Å². The van der Waals surface area contributed by atoms with E-state index in [9.17, 15) is 5.11 Å². The molecule has 21 heavy (non-hydrogen) atoms. The SMILES string of the molecule is Cc1cccc(C)c1OCCCCNC1CCC(O)CC1. The summed E-state index contributed by atoms with van der Waals surface area (Å²) in [6.07, 6.45) is 6.29. The van der Waals surface area contributed by atoms with Crippen molar-refractivity contribution in [1.29, 1.82) is 0 Å². The Balaban J connectivity index is 1.56. The maximum Gasteiger partial charge on any atom is 0.125 e. The lowest BCUT2D eigenvalue weighted by molar-refractivity contribution is 0.116. The monoisotopic (exact) mass is 291 g/mol. The van der Waals surface area contributed by atoms with Gasteiger partial charge in [-0.05, 0) is 70.0 Å². The summed E-state index contributed by atoms with van der Waals surface area (Å²) in [5.74, 6) is 1.05. The van der Waals surface area contributed by atoms with Crippen LogP contribution in [-0.2, 0) is 0 Å². The van der Waals surface area contributed by atoms with E-state index >= 15 is 0 Å². The van der Waals surface area contributed by atoms with Crippen molar-refractivity contribution in [3.63, 3.8) is 0 Å². The normalized spacial score (nSPS) is 22.2. The summed E-state index contributed by atoms with van der Waals surface area (Å²) in [7, 11) is 0. The molecule has 0 radical (unpaired) electrons. The second kappa shape index (κ2) is 8.40. The van der Waals surface area contributed by atoms with Crippen molar-refractivity contribution in [2.45, 2.75) is 64.5 Å². The van der Waals surface area contributed by atoms with Crippen LogP contribution in [0.3, 0.4) is 0 Å². The van der Waals surface area contributed by atoms with Gasteiger partial charge in [0.2, 0.25) is 0 Å².